The quantitative estimate of drug-likeness (QED) is 0.606. The zero-order valence-electron chi connectivity index (χ0n) is 23.3. The largest absolute Gasteiger partial charge is 0.489 e. The summed E-state index contributed by atoms with van der Waals surface area (Å²) in [5, 5.41) is 7.50. The predicted octanol–water partition coefficient (Wildman–Crippen LogP) is 3.32. The third kappa shape index (κ3) is 4.56. The van der Waals surface area contributed by atoms with Crippen LogP contribution in [0.25, 0.3) is 5.69 Å². The van der Waals surface area contributed by atoms with Crippen molar-refractivity contribution in [3.63, 3.8) is 0 Å². The number of hydrogen-bond acceptors (Lipinski definition) is 7. The average Bonchev–Trinajstić information content (AvgIpc) is 3.29. The van der Waals surface area contributed by atoms with Crippen LogP contribution in [0.3, 0.4) is 0 Å². The molecular weight excluding hydrogens is 404 g/mol. The van der Waals surface area contributed by atoms with E-state index >= 15 is 0 Å². The van der Waals surface area contributed by atoms with Gasteiger partial charge >= 0.3 is 0 Å². The molecule has 1 aromatic heterocycles. The van der Waals surface area contributed by atoms with Gasteiger partial charge in [-0.2, -0.15) is 4.98 Å². The van der Waals surface area contributed by atoms with Crippen molar-refractivity contribution in [2.24, 2.45) is 0 Å². The van der Waals surface area contributed by atoms with Crippen LogP contribution in [0, 0.1) is 0 Å². The topological polar surface area (TPSA) is 67.7 Å². The zero-order valence-corrected chi connectivity index (χ0v) is 18.3. The van der Waals surface area contributed by atoms with Crippen molar-refractivity contribution in [2.45, 2.75) is 26.0 Å². The van der Waals surface area contributed by atoms with Crippen molar-refractivity contribution >= 4 is 17.3 Å². The summed E-state index contributed by atoms with van der Waals surface area (Å²) in [6, 6.07) is 4.37. The first-order chi connectivity index (χ1) is 17.7. The van der Waals surface area contributed by atoms with Gasteiger partial charge in [0.25, 0.3) is 0 Å². The summed E-state index contributed by atoms with van der Waals surface area (Å²) in [6.07, 6.45) is 1.36. The van der Waals surface area contributed by atoms with Crippen LogP contribution in [0.2, 0.25) is 0 Å². The fourth-order valence-corrected chi connectivity index (χ4v) is 3.87. The van der Waals surface area contributed by atoms with Gasteiger partial charge in [0.2, 0.25) is 5.95 Å². The number of piperazine rings is 1. The summed E-state index contributed by atoms with van der Waals surface area (Å²) in [6.45, 7) is 9.27. The van der Waals surface area contributed by atoms with Gasteiger partial charge in [0, 0.05) is 31.9 Å². The molecule has 1 N–H and O–H groups in total. The first kappa shape index (κ1) is 15.7. The van der Waals surface area contributed by atoms with Crippen LogP contribution in [0.4, 0.5) is 17.3 Å². The molecule has 2 aliphatic heterocycles. The molecule has 2 aliphatic rings. The van der Waals surface area contributed by atoms with Gasteiger partial charge in [-0.05, 0) is 44.1 Å². The number of para-hydroxylation sites is 1. The molecule has 0 unspecified atom stereocenters. The van der Waals surface area contributed by atoms with Crippen molar-refractivity contribution in [2.75, 3.05) is 49.6 Å². The Kier molecular flexibility index (Phi) is 4.49. The van der Waals surface area contributed by atoms with Crippen LogP contribution in [0.5, 0.6) is 5.75 Å². The second kappa shape index (κ2) is 9.18. The van der Waals surface area contributed by atoms with Gasteiger partial charge in [0.05, 0.1) is 43.6 Å². The third-order valence-corrected chi connectivity index (χ3v) is 5.58. The molecule has 0 radical (unpaired) electrons. The highest BCUT2D eigenvalue weighted by molar-refractivity contribution is 5.68. The van der Waals surface area contributed by atoms with E-state index in [-0.39, 0.29) is 29.8 Å². The van der Waals surface area contributed by atoms with Crippen molar-refractivity contribution < 1.29 is 16.3 Å². The van der Waals surface area contributed by atoms with Crippen molar-refractivity contribution in [1.29, 1.82) is 0 Å². The second-order valence-electron chi connectivity index (χ2n) is 8.17. The molecule has 168 valence electrons. The van der Waals surface area contributed by atoms with Crippen LogP contribution in [0.15, 0.2) is 54.7 Å². The number of rotatable bonds is 7. The van der Waals surface area contributed by atoms with Crippen LogP contribution < -0.4 is 15.0 Å². The lowest BCUT2D eigenvalue weighted by Gasteiger charge is -2.43. The monoisotopic (exact) mass is 439 g/mol. The van der Waals surface area contributed by atoms with E-state index in [1.54, 1.807) is 0 Å². The van der Waals surface area contributed by atoms with E-state index < -0.39 is 18.1 Å². The lowest BCUT2D eigenvalue weighted by molar-refractivity contribution is -0.0660. The standard InChI is InChI=1S/C24H30N6O2/c1-18(2)32-23-9-8-19(26-24-25-17-30(27-24)20-6-4-3-5-7-20)14-22(23)29-12-10-28(11-13-29)21-15-31-16-21/h3-9,14,17-18,21H,10-13,15-16H2,1-2H3,(H,26,27)/i3D,4D,5D,6D,7D. The molecule has 2 fully saturated rings. The normalized spacial score (nSPS) is 19.6. The van der Waals surface area contributed by atoms with Gasteiger partial charge in [0.1, 0.15) is 12.1 Å². The lowest BCUT2D eigenvalue weighted by Crippen LogP contribution is -2.56. The molecular formula is C24H30N6O2. The van der Waals surface area contributed by atoms with E-state index in [0.717, 1.165) is 56.5 Å². The van der Waals surface area contributed by atoms with E-state index in [4.69, 9.17) is 16.3 Å². The van der Waals surface area contributed by atoms with Crippen LogP contribution in [0.1, 0.15) is 20.7 Å². The molecule has 0 atom stereocenters. The maximum atomic E-state index is 8.17. The van der Waals surface area contributed by atoms with Gasteiger partial charge in [-0.1, -0.05) is 18.1 Å². The van der Waals surface area contributed by atoms with Gasteiger partial charge < -0.3 is 19.7 Å². The van der Waals surface area contributed by atoms with E-state index in [0.29, 0.717) is 6.04 Å². The van der Waals surface area contributed by atoms with Gasteiger partial charge in [-0.15, -0.1) is 5.10 Å². The Morgan fingerprint density at radius 3 is 2.59 bits per heavy atom. The molecule has 0 saturated carbocycles. The SMILES string of the molecule is [2H]c1c([2H])c([2H])c(-n2cnc(Nc3ccc(OC(C)C)c(N4CCN(C5COC5)CC4)c3)n2)c([2H])c1[2H]. The number of nitrogens with zero attached hydrogens (tertiary/aromatic N) is 5. The molecule has 3 heterocycles. The van der Waals surface area contributed by atoms with Gasteiger partial charge in [-0.3, -0.25) is 4.90 Å². The van der Waals surface area contributed by atoms with Gasteiger partial charge in [0.15, 0.2) is 0 Å². The summed E-state index contributed by atoms with van der Waals surface area (Å²) in [4.78, 5) is 9.04. The number of benzene rings is 2. The second-order valence-corrected chi connectivity index (χ2v) is 8.17. The summed E-state index contributed by atoms with van der Waals surface area (Å²) >= 11 is 0. The van der Waals surface area contributed by atoms with Gasteiger partial charge in [-0.25, -0.2) is 4.68 Å². The predicted molar refractivity (Wildman–Crippen MR) is 125 cm³/mol. The van der Waals surface area contributed by atoms with Crippen molar-refractivity contribution in [1.82, 2.24) is 19.7 Å². The number of nitrogens with one attached hydrogen (secondary N) is 1. The molecule has 0 spiro atoms. The highest BCUT2D eigenvalue weighted by atomic mass is 16.5. The van der Waals surface area contributed by atoms with Crippen LogP contribution in [-0.4, -0.2) is 71.2 Å². The molecule has 32 heavy (non-hydrogen) atoms. The Morgan fingerprint density at radius 1 is 1.12 bits per heavy atom. The molecule has 2 saturated heterocycles. The lowest BCUT2D eigenvalue weighted by atomic mass is 10.1. The summed E-state index contributed by atoms with van der Waals surface area (Å²) < 4.78 is 52.6. The van der Waals surface area contributed by atoms with E-state index in [9.17, 15) is 0 Å². The Morgan fingerprint density at radius 2 is 1.91 bits per heavy atom. The van der Waals surface area contributed by atoms with Crippen molar-refractivity contribution in [3.8, 4) is 11.4 Å². The molecule has 5 rings (SSSR count). The van der Waals surface area contributed by atoms with E-state index in [1.807, 2.05) is 32.0 Å². The first-order valence-electron chi connectivity index (χ1n) is 13.4. The fourth-order valence-electron chi connectivity index (χ4n) is 3.87. The average molecular weight is 440 g/mol. The molecule has 0 bridgehead atoms. The Labute approximate surface area is 195 Å². The molecule has 0 amide bonds. The molecule has 8 nitrogen and oxygen atoms in total. The number of anilines is 3. The Hall–Kier alpha value is -3.10. The highest BCUT2D eigenvalue weighted by Gasteiger charge is 2.29. The minimum absolute atomic E-state index is 0.0282. The maximum Gasteiger partial charge on any atom is 0.246 e. The smallest absolute Gasteiger partial charge is 0.246 e. The van der Waals surface area contributed by atoms with E-state index in [1.165, 1.54) is 11.0 Å². The van der Waals surface area contributed by atoms with Crippen LogP contribution in [-0.2, 0) is 4.74 Å². The molecule has 2 aromatic carbocycles. The molecule has 0 aliphatic carbocycles. The number of hydrogen-bond donors (Lipinski definition) is 1. The minimum atomic E-state index is -0.449. The van der Waals surface area contributed by atoms with E-state index in [2.05, 4.69) is 25.2 Å². The van der Waals surface area contributed by atoms with Crippen LogP contribution >= 0.6 is 0 Å². The maximum absolute atomic E-state index is 8.17. The van der Waals surface area contributed by atoms with Crippen molar-refractivity contribution in [3.05, 3.63) is 54.7 Å². The Bertz CT molecular complexity index is 1260. The molecule has 8 heteroatoms. The Balaban J connectivity index is 1.38. The highest BCUT2D eigenvalue weighted by Crippen LogP contribution is 2.34. The zero-order chi connectivity index (χ0) is 26.3. The fraction of sp³-hybridized carbons (Fsp3) is 0.417. The molecule has 3 aromatic rings. The minimum Gasteiger partial charge on any atom is -0.489 e. The summed E-state index contributed by atoms with van der Waals surface area (Å²) in [5.74, 6) is 1.05. The number of ether oxygens (including phenoxy) is 2. The summed E-state index contributed by atoms with van der Waals surface area (Å²) in [5.41, 5.74) is 1.68. The summed E-state index contributed by atoms with van der Waals surface area (Å²) in [7, 11) is 0. The number of aromatic nitrogens is 3. The third-order valence-electron chi connectivity index (χ3n) is 5.58. The first-order valence-corrected chi connectivity index (χ1v) is 10.9.